The second-order valence-electron chi connectivity index (χ2n) is 6.03. The fourth-order valence-corrected chi connectivity index (χ4v) is 3.25. The van der Waals surface area contributed by atoms with Crippen molar-refractivity contribution in [3.8, 4) is 0 Å². The van der Waals surface area contributed by atoms with Crippen molar-refractivity contribution in [2.45, 2.75) is 12.6 Å². The molecule has 2 aromatic heterocycles. The van der Waals surface area contributed by atoms with Crippen LogP contribution in [0.5, 0.6) is 0 Å². The van der Waals surface area contributed by atoms with Crippen molar-refractivity contribution in [3.63, 3.8) is 0 Å². The van der Waals surface area contributed by atoms with Gasteiger partial charge < -0.3 is 9.80 Å². The Kier molecular flexibility index (Phi) is 5.22. The molecule has 1 amide bonds. The minimum absolute atomic E-state index is 0.104. The maximum atomic E-state index is 13.4. The summed E-state index contributed by atoms with van der Waals surface area (Å²) in [4.78, 5) is 19.7. The minimum Gasteiger partial charge on any atom is -0.354 e. The van der Waals surface area contributed by atoms with Crippen molar-refractivity contribution in [2.24, 2.45) is 7.05 Å². The van der Waals surface area contributed by atoms with Gasteiger partial charge in [0.2, 0.25) is 0 Å². The van der Waals surface area contributed by atoms with Crippen molar-refractivity contribution in [2.75, 3.05) is 31.1 Å². The van der Waals surface area contributed by atoms with E-state index >= 15 is 0 Å². The van der Waals surface area contributed by atoms with Crippen LogP contribution in [0.2, 0.25) is 0 Å². The van der Waals surface area contributed by atoms with Crippen molar-refractivity contribution in [1.29, 1.82) is 0 Å². The Bertz CT molecular complexity index is 807. The molecule has 0 spiro atoms. The lowest BCUT2D eigenvalue weighted by molar-refractivity contribution is -0.137. The second kappa shape index (κ2) is 7.26. The molecule has 0 unspecified atom stereocenters. The summed E-state index contributed by atoms with van der Waals surface area (Å²) in [6.07, 6.45) is -0.916. The number of pyridine rings is 1. The number of aryl methyl sites for hydroxylation is 1. The first-order valence-electron chi connectivity index (χ1n) is 8.02. The van der Waals surface area contributed by atoms with Crippen LogP contribution in [0.25, 0.3) is 0 Å². The molecule has 1 fully saturated rings. The predicted octanol–water partition coefficient (Wildman–Crippen LogP) is 2.95. The van der Waals surface area contributed by atoms with Crippen LogP contribution in [0.15, 0.2) is 29.0 Å². The fourth-order valence-electron chi connectivity index (χ4n) is 2.92. The number of alkyl halides is 3. The number of hydrogen-bond donors (Lipinski definition) is 0. The molecule has 1 aliphatic rings. The van der Waals surface area contributed by atoms with E-state index in [0.29, 0.717) is 31.7 Å². The van der Waals surface area contributed by atoms with Crippen LogP contribution >= 0.6 is 15.9 Å². The van der Waals surface area contributed by atoms with Gasteiger partial charge in [0.25, 0.3) is 5.91 Å². The lowest BCUT2D eigenvalue weighted by Gasteiger charge is -2.25. The number of amides is 1. The summed E-state index contributed by atoms with van der Waals surface area (Å²) in [6, 6.07) is 2.66. The zero-order chi connectivity index (χ0) is 18.9. The van der Waals surface area contributed by atoms with E-state index in [1.165, 1.54) is 6.20 Å². The van der Waals surface area contributed by atoms with Crippen molar-refractivity contribution >= 4 is 27.7 Å². The van der Waals surface area contributed by atoms with Gasteiger partial charge in [0.05, 0.1) is 5.56 Å². The number of carbonyl (C=O) groups is 1. The molecule has 0 saturated carbocycles. The highest BCUT2D eigenvalue weighted by Gasteiger charge is 2.36. The molecule has 26 heavy (non-hydrogen) atoms. The summed E-state index contributed by atoms with van der Waals surface area (Å²) in [7, 11) is 1.72. The standard InChI is InChI=1S/C16H17BrF3N5O/c1-23-6-3-13(22-23)15(26)25-5-2-4-24(7-8-25)14-12(16(18,19)20)9-11(17)10-21-14/h3,6,9-10H,2,4-5,7-8H2,1H3. The molecule has 1 saturated heterocycles. The number of hydrogen-bond acceptors (Lipinski definition) is 4. The van der Waals surface area contributed by atoms with Crippen LogP contribution in [0.1, 0.15) is 22.5 Å². The molecule has 0 radical (unpaired) electrons. The van der Waals surface area contributed by atoms with Crippen LogP contribution in [-0.2, 0) is 13.2 Å². The van der Waals surface area contributed by atoms with Crippen LogP contribution in [0, 0.1) is 0 Å². The van der Waals surface area contributed by atoms with Crippen LogP contribution in [0.3, 0.4) is 0 Å². The molecule has 6 nitrogen and oxygen atoms in total. The molecule has 0 atom stereocenters. The van der Waals surface area contributed by atoms with Gasteiger partial charge >= 0.3 is 6.18 Å². The third-order valence-electron chi connectivity index (χ3n) is 4.15. The Balaban J connectivity index is 1.78. The first kappa shape index (κ1) is 18.7. The largest absolute Gasteiger partial charge is 0.419 e. The number of anilines is 1. The average Bonchev–Trinajstić information content (AvgIpc) is 2.87. The first-order chi connectivity index (χ1) is 12.3. The molecule has 3 rings (SSSR count). The van der Waals surface area contributed by atoms with Gasteiger partial charge in [-0.15, -0.1) is 0 Å². The van der Waals surface area contributed by atoms with E-state index in [1.54, 1.807) is 33.8 Å². The lowest BCUT2D eigenvalue weighted by Crippen LogP contribution is -2.36. The molecule has 3 heterocycles. The highest BCUT2D eigenvalue weighted by Crippen LogP contribution is 2.37. The quantitative estimate of drug-likeness (QED) is 0.733. The smallest absolute Gasteiger partial charge is 0.354 e. The van der Waals surface area contributed by atoms with Gasteiger partial charge in [-0.2, -0.15) is 18.3 Å². The summed E-state index contributed by atoms with van der Waals surface area (Å²) < 4.78 is 41.9. The maximum Gasteiger partial charge on any atom is 0.419 e. The predicted molar refractivity (Wildman–Crippen MR) is 92.9 cm³/mol. The lowest BCUT2D eigenvalue weighted by atomic mass is 10.2. The Morgan fingerprint density at radius 2 is 2.00 bits per heavy atom. The molecule has 0 N–H and O–H groups in total. The van der Waals surface area contributed by atoms with E-state index in [2.05, 4.69) is 26.0 Å². The van der Waals surface area contributed by atoms with Crippen LogP contribution < -0.4 is 4.90 Å². The van der Waals surface area contributed by atoms with E-state index in [0.717, 1.165) is 6.07 Å². The van der Waals surface area contributed by atoms with Gasteiger partial charge in [0.1, 0.15) is 11.5 Å². The van der Waals surface area contributed by atoms with E-state index in [9.17, 15) is 18.0 Å². The van der Waals surface area contributed by atoms with E-state index in [4.69, 9.17) is 0 Å². The third-order valence-corrected chi connectivity index (χ3v) is 4.59. The molecule has 0 aromatic carbocycles. The van der Waals surface area contributed by atoms with Gasteiger partial charge in [-0.3, -0.25) is 9.48 Å². The zero-order valence-corrected chi connectivity index (χ0v) is 15.6. The Morgan fingerprint density at radius 3 is 2.65 bits per heavy atom. The Labute approximate surface area is 156 Å². The number of nitrogens with zero attached hydrogens (tertiary/aromatic N) is 5. The monoisotopic (exact) mass is 431 g/mol. The highest BCUT2D eigenvalue weighted by molar-refractivity contribution is 9.10. The molecule has 2 aromatic rings. The van der Waals surface area contributed by atoms with Crippen molar-refractivity contribution in [1.82, 2.24) is 19.7 Å². The Hall–Kier alpha value is -2.10. The maximum absolute atomic E-state index is 13.4. The van der Waals surface area contributed by atoms with Gasteiger partial charge in [-0.1, -0.05) is 0 Å². The van der Waals surface area contributed by atoms with Crippen molar-refractivity contribution < 1.29 is 18.0 Å². The SMILES string of the molecule is Cn1ccc(C(=O)N2CCCN(c3ncc(Br)cc3C(F)(F)F)CC2)n1. The van der Waals surface area contributed by atoms with Gasteiger partial charge in [0.15, 0.2) is 0 Å². The number of halogens is 4. The van der Waals surface area contributed by atoms with E-state index < -0.39 is 11.7 Å². The summed E-state index contributed by atoms with van der Waals surface area (Å²) in [6.45, 7) is 1.44. The molecule has 0 aliphatic carbocycles. The molecule has 10 heteroatoms. The molecular formula is C16H17BrF3N5O. The minimum atomic E-state index is -4.50. The summed E-state index contributed by atoms with van der Waals surface area (Å²) in [5.74, 6) is -0.319. The molecule has 1 aliphatic heterocycles. The van der Waals surface area contributed by atoms with Gasteiger partial charge in [0, 0.05) is 50.1 Å². The molecule has 0 bridgehead atoms. The topological polar surface area (TPSA) is 54.3 Å². The third kappa shape index (κ3) is 4.00. The number of carbonyl (C=O) groups excluding carboxylic acids is 1. The second-order valence-corrected chi connectivity index (χ2v) is 6.95. The van der Waals surface area contributed by atoms with Crippen LogP contribution in [-0.4, -0.2) is 51.8 Å². The van der Waals surface area contributed by atoms with Crippen LogP contribution in [0.4, 0.5) is 19.0 Å². The number of rotatable bonds is 2. The highest BCUT2D eigenvalue weighted by atomic mass is 79.9. The summed E-state index contributed by atoms with van der Waals surface area (Å²) in [5.41, 5.74) is -0.449. The normalized spacial score (nSPS) is 15.9. The van der Waals surface area contributed by atoms with Crippen molar-refractivity contribution in [3.05, 3.63) is 40.3 Å². The first-order valence-corrected chi connectivity index (χ1v) is 8.81. The summed E-state index contributed by atoms with van der Waals surface area (Å²) in [5, 5.41) is 4.10. The van der Waals surface area contributed by atoms with E-state index in [1.807, 2.05) is 0 Å². The summed E-state index contributed by atoms with van der Waals surface area (Å²) >= 11 is 3.04. The van der Waals surface area contributed by atoms with E-state index in [-0.39, 0.29) is 22.7 Å². The van der Waals surface area contributed by atoms with Gasteiger partial charge in [-0.05, 0) is 34.5 Å². The fraction of sp³-hybridized carbons (Fsp3) is 0.438. The molecule has 140 valence electrons. The zero-order valence-electron chi connectivity index (χ0n) is 14.0. The Morgan fingerprint density at radius 1 is 1.23 bits per heavy atom. The van der Waals surface area contributed by atoms with Gasteiger partial charge in [-0.25, -0.2) is 4.98 Å². The number of aromatic nitrogens is 3. The molecular weight excluding hydrogens is 415 g/mol. The average molecular weight is 432 g/mol.